The standard InChI is InChI=1S/C18H14N4/c1-22-13-17(14-6-3-2-4-7-14)21-18(22)11-10-15-8-5-9-16(12-19)20-15/h2-11,13H,1H3/b11-10+. The summed E-state index contributed by atoms with van der Waals surface area (Å²) in [4.78, 5) is 8.84. The first-order chi connectivity index (χ1) is 10.8. The molecule has 0 unspecified atom stereocenters. The molecule has 0 spiro atoms. The van der Waals surface area contributed by atoms with E-state index in [1.807, 2.05) is 78.5 Å². The first kappa shape index (κ1) is 13.8. The van der Waals surface area contributed by atoms with Crippen molar-refractivity contribution in [3.8, 4) is 17.3 Å². The zero-order chi connectivity index (χ0) is 15.4. The minimum Gasteiger partial charge on any atom is -0.334 e. The van der Waals surface area contributed by atoms with E-state index in [2.05, 4.69) is 9.97 Å². The highest BCUT2D eigenvalue weighted by Gasteiger charge is 2.04. The van der Waals surface area contributed by atoms with Gasteiger partial charge in [0.2, 0.25) is 0 Å². The van der Waals surface area contributed by atoms with Crippen LogP contribution in [0.4, 0.5) is 0 Å². The number of aromatic nitrogens is 3. The van der Waals surface area contributed by atoms with E-state index in [4.69, 9.17) is 5.26 Å². The number of imidazole rings is 1. The molecule has 0 saturated heterocycles. The van der Waals surface area contributed by atoms with E-state index in [1.165, 1.54) is 0 Å². The van der Waals surface area contributed by atoms with Crippen LogP contribution in [-0.4, -0.2) is 14.5 Å². The Morgan fingerprint density at radius 1 is 1.00 bits per heavy atom. The second kappa shape index (κ2) is 6.06. The molecule has 22 heavy (non-hydrogen) atoms. The summed E-state index contributed by atoms with van der Waals surface area (Å²) in [5.74, 6) is 0.836. The molecule has 0 aliphatic carbocycles. The Balaban J connectivity index is 1.88. The van der Waals surface area contributed by atoms with Crippen LogP contribution in [0.1, 0.15) is 17.2 Å². The molecule has 2 heterocycles. The number of rotatable bonds is 3. The normalized spacial score (nSPS) is 10.7. The third-order valence-electron chi connectivity index (χ3n) is 3.27. The van der Waals surface area contributed by atoms with Gasteiger partial charge < -0.3 is 4.57 Å². The molecule has 1 aromatic carbocycles. The SMILES string of the molecule is Cn1cc(-c2ccccc2)nc1/C=C/c1cccc(C#N)n1. The fourth-order valence-electron chi connectivity index (χ4n) is 2.15. The third kappa shape index (κ3) is 2.94. The van der Waals surface area contributed by atoms with Crippen LogP contribution in [0.3, 0.4) is 0 Å². The molecule has 0 saturated carbocycles. The predicted octanol–water partition coefficient (Wildman–Crippen LogP) is 3.52. The number of nitrogens with zero attached hydrogens (tertiary/aromatic N) is 4. The van der Waals surface area contributed by atoms with Gasteiger partial charge in [0.25, 0.3) is 0 Å². The zero-order valence-electron chi connectivity index (χ0n) is 12.1. The van der Waals surface area contributed by atoms with Crippen molar-refractivity contribution in [3.63, 3.8) is 0 Å². The van der Waals surface area contributed by atoms with Crippen molar-refractivity contribution in [2.45, 2.75) is 0 Å². The lowest BCUT2D eigenvalue weighted by atomic mass is 10.2. The molecule has 3 aromatic rings. The van der Waals surface area contributed by atoms with Gasteiger partial charge in [0.1, 0.15) is 17.6 Å². The third-order valence-corrected chi connectivity index (χ3v) is 3.27. The fraction of sp³-hybridized carbons (Fsp3) is 0.0556. The Morgan fingerprint density at radius 3 is 2.59 bits per heavy atom. The number of benzene rings is 1. The lowest BCUT2D eigenvalue weighted by molar-refractivity contribution is 0.898. The molecule has 4 heteroatoms. The minimum absolute atomic E-state index is 0.409. The van der Waals surface area contributed by atoms with Gasteiger partial charge in [0.05, 0.1) is 11.4 Å². The largest absolute Gasteiger partial charge is 0.334 e. The summed E-state index contributed by atoms with van der Waals surface area (Å²) >= 11 is 0. The molecule has 106 valence electrons. The number of hydrogen-bond acceptors (Lipinski definition) is 3. The molecular weight excluding hydrogens is 272 g/mol. The van der Waals surface area contributed by atoms with Crippen molar-refractivity contribution < 1.29 is 0 Å². The Labute approximate surface area is 129 Å². The highest BCUT2D eigenvalue weighted by atomic mass is 15.0. The second-order valence-electron chi connectivity index (χ2n) is 4.85. The summed E-state index contributed by atoms with van der Waals surface area (Å²) in [6.07, 6.45) is 5.75. The summed E-state index contributed by atoms with van der Waals surface area (Å²) in [5.41, 5.74) is 3.17. The van der Waals surface area contributed by atoms with E-state index in [0.717, 1.165) is 22.8 Å². The van der Waals surface area contributed by atoms with Crippen molar-refractivity contribution in [3.05, 3.63) is 71.9 Å². The van der Waals surface area contributed by atoms with Gasteiger partial charge in [-0.3, -0.25) is 0 Å². The van der Waals surface area contributed by atoms with Gasteiger partial charge in [0.15, 0.2) is 0 Å². The van der Waals surface area contributed by atoms with Gasteiger partial charge in [0, 0.05) is 18.8 Å². The van der Waals surface area contributed by atoms with Gasteiger partial charge in [-0.25, -0.2) is 9.97 Å². The monoisotopic (exact) mass is 286 g/mol. The van der Waals surface area contributed by atoms with Crippen LogP contribution in [0.25, 0.3) is 23.4 Å². The van der Waals surface area contributed by atoms with E-state index < -0.39 is 0 Å². The molecule has 0 radical (unpaired) electrons. The lowest BCUT2D eigenvalue weighted by Gasteiger charge is -1.95. The second-order valence-corrected chi connectivity index (χ2v) is 4.85. The molecule has 3 rings (SSSR count). The van der Waals surface area contributed by atoms with Crippen molar-refractivity contribution in [2.24, 2.45) is 7.05 Å². The first-order valence-corrected chi connectivity index (χ1v) is 6.90. The Bertz CT molecular complexity index is 854. The maximum atomic E-state index is 8.87. The summed E-state index contributed by atoms with van der Waals surface area (Å²) in [6.45, 7) is 0. The van der Waals surface area contributed by atoms with Gasteiger partial charge in [-0.15, -0.1) is 0 Å². The maximum absolute atomic E-state index is 8.87. The lowest BCUT2D eigenvalue weighted by Crippen LogP contribution is -1.89. The molecule has 0 aliphatic heterocycles. The van der Waals surface area contributed by atoms with E-state index in [9.17, 15) is 0 Å². The zero-order valence-corrected chi connectivity index (χ0v) is 12.1. The smallest absolute Gasteiger partial charge is 0.141 e. The molecule has 0 amide bonds. The maximum Gasteiger partial charge on any atom is 0.141 e. The van der Waals surface area contributed by atoms with Crippen LogP contribution >= 0.6 is 0 Å². The van der Waals surface area contributed by atoms with Gasteiger partial charge in [-0.05, 0) is 24.3 Å². The van der Waals surface area contributed by atoms with Crippen LogP contribution in [0, 0.1) is 11.3 Å². The predicted molar refractivity (Wildman–Crippen MR) is 86.5 cm³/mol. The number of pyridine rings is 1. The Morgan fingerprint density at radius 2 is 1.82 bits per heavy atom. The Kier molecular flexibility index (Phi) is 3.80. The van der Waals surface area contributed by atoms with E-state index in [1.54, 1.807) is 6.07 Å². The molecule has 4 nitrogen and oxygen atoms in total. The van der Waals surface area contributed by atoms with E-state index in [-0.39, 0.29) is 0 Å². The molecule has 2 aromatic heterocycles. The van der Waals surface area contributed by atoms with Gasteiger partial charge >= 0.3 is 0 Å². The van der Waals surface area contributed by atoms with Gasteiger partial charge in [-0.2, -0.15) is 5.26 Å². The summed E-state index contributed by atoms with van der Waals surface area (Å²) < 4.78 is 1.97. The summed E-state index contributed by atoms with van der Waals surface area (Å²) in [5, 5.41) is 8.87. The van der Waals surface area contributed by atoms with E-state index in [0.29, 0.717) is 5.69 Å². The fourth-order valence-corrected chi connectivity index (χ4v) is 2.15. The number of aryl methyl sites for hydroxylation is 1. The van der Waals surface area contributed by atoms with E-state index >= 15 is 0 Å². The van der Waals surface area contributed by atoms with Crippen LogP contribution in [-0.2, 0) is 7.05 Å². The molecule has 0 bridgehead atoms. The highest BCUT2D eigenvalue weighted by Crippen LogP contribution is 2.18. The summed E-state index contributed by atoms with van der Waals surface area (Å²) in [7, 11) is 1.96. The van der Waals surface area contributed by atoms with Gasteiger partial charge in [-0.1, -0.05) is 36.4 Å². The highest BCUT2D eigenvalue weighted by molar-refractivity contribution is 5.67. The molecule has 0 N–H and O–H groups in total. The minimum atomic E-state index is 0.409. The quantitative estimate of drug-likeness (QED) is 0.740. The Hall–Kier alpha value is -3.19. The molecule has 0 fully saturated rings. The summed E-state index contributed by atoms with van der Waals surface area (Å²) in [6, 6.07) is 17.5. The average molecular weight is 286 g/mol. The number of hydrogen-bond donors (Lipinski definition) is 0. The molecule has 0 atom stereocenters. The van der Waals surface area contributed by atoms with Crippen molar-refractivity contribution in [1.82, 2.24) is 14.5 Å². The van der Waals surface area contributed by atoms with Crippen molar-refractivity contribution in [1.29, 1.82) is 5.26 Å². The topological polar surface area (TPSA) is 54.5 Å². The number of nitriles is 1. The van der Waals surface area contributed by atoms with Crippen LogP contribution < -0.4 is 0 Å². The molecule has 0 aliphatic rings. The van der Waals surface area contributed by atoms with Crippen LogP contribution in [0.15, 0.2) is 54.7 Å². The first-order valence-electron chi connectivity index (χ1n) is 6.90. The van der Waals surface area contributed by atoms with Crippen molar-refractivity contribution >= 4 is 12.2 Å². The average Bonchev–Trinajstić information content (AvgIpc) is 2.95. The van der Waals surface area contributed by atoms with Crippen molar-refractivity contribution in [2.75, 3.05) is 0 Å². The van der Waals surface area contributed by atoms with Crippen LogP contribution in [0.5, 0.6) is 0 Å². The molecular formula is C18H14N4. The van der Waals surface area contributed by atoms with Crippen LogP contribution in [0.2, 0.25) is 0 Å².